The van der Waals surface area contributed by atoms with Gasteiger partial charge in [0.1, 0.15) is 0 Å². The Morgan fingerprint density at radius 3 is 2.34 bits per heavy atom. The lowest BCUT2D eigenvalue weighted by molar-refractivity contribution is 0.169. The topological polar surface area (TPSA) is 39.1 Å². The summed E-state index contributed by atoms with van der Waals surface area (Å²) >= 11 is 0. The normalized spacial score (nSPS) is 24.3. The van der Waals surface area contributed by atoms with Crippen molar-refractivity contribution in [2.24, 2.45) is 16.5 Å². The molecule has 1 aliphatic heterocycles. The summed E-state index contributed by atoms with van der Waals surface area (Å²) in [6.45, 7) is 15.2. The Balaban J connectivity index is 1.75. The summed E-state index contributed by atoms with van der Waals surface area (Å²) in [4.78, 5) is 5.18. The molecule has 0 bridgehead atoms. The highest BCUT2D eigenvalue weighted by atomic mass is 16.4. The van der Waals surface area contributed by atoms with Crippen molar-refractivity contribution in [3.8, 4) is 0 Å². The summed E-state index contributed by atoms with van der Waals surface area (Å²) in [5.74, 6) is 1.49. The zero-order valence-electron chi connectivity index (χ0n) is 19.0. The van der Waals surface area contributed by atoms with Gasteiger partial charge >= 0.3 is 0 Å². The summed E-state index contributed by atoms with van der Waals surface area (Å²) in [6.07, 6.45) is 9.37. The molecular weight excluding hydrogens is 358 g/mol. The van der Waals surface area contributed by atoms with Crippen molar-refractivity contribution in [3.63, 3.8) is 0 Å². The second kappa shape index (κ2) is 9.97. The second-order valence-corrected chi connectivity index (χ2v) is 10.2. The van der Waals surface area contributed by atoms with Crippen molar-refractivity contribution in [1.82, 2.24) is 4.90 Å². The monoisotopic (exact) mass is 399 g/mol. The molecule has 162 valence electrons. The number of piperazine rings is 1. The number of oxime groups is 1. The van der Waals surface area contributed by atoms with Gasteiger partial charge in [-0.2, -0.15) is 0 Å². The summed E-state index contributed by atoms with van der Waals surface area (Å²) in [5.41, 5.74) is 4.29. The van der Waals surface area contributed by atoms with Crippen LogP contribution in [0, 0.1) is 11.3 Å². The summed E-state index contributed by atoms with van der Waals surface area (Å²) in [7, 11) is 0. The van der Waals surface area contributed by atoms with E-state index in [2.05, 4.69) is 60.8 Å². The average Bonchev–Trinajstić information content (AvgIpc) is 2.72. The lowest BCUT2D eigenvalue weighted by atomic mass is 9.68. The van der Waals surface area contributed by atoms with E-state index >= 15 is 0 Å². The minimum atomic E-state index is 0.421. The molecule has 0 aromatic heterocycles. The van der Waals surface area contributed by atoms with Gasteiger partial charge in [0.15, 0.2) is 0 Å². The first kappa shape index (κ1) is 22.1. The van der Waals surface area contributed by atoms with Gasteiger partial charge in [-0.3, -0.25) is 4.90 Å². The molecule has 1 saturated heterocycles. The molecule has 29 heavy (non-hydrogen) atoms. The molecule has 0 radical (unpaired) electrons. The Morgan fingerprint density at radius 2 is 1.76 bits per heavy atom. The van der Waals surface area contributed by atoms with Crippen LogP contribution in [0.25, 0.3) is 0 Å². The maximum atomic E-state index is 9.01. The number of anilines is 1. The van der Waals surface area contributed by atoms with E-state index in [0.29, 0.717) is 11.3 Å². The predicted octanol–water partition coefficient (Wildman–Crippen LogP) is 5.74. The molecule has 1 aromatic rings. The van der Waals surface area contributed by atoms with E-state index in [0.717, 1.165) is 37.7 Å². The Morgan fingerprint density at radius 1 is 1.07 bits per heavy atom. The van der Waals surface area contributed by atoms with Crippen LogP contribution in [0.5, 0.6) is 0 Å². The first-order valence-corrected chi connectivity index (χ1v) is 11.7. The number of unbranched alkanes of at least 4 members (excludes halogenated alkanes) is 1. The quantitative estimate of drug-likeness (QED) is 0.377. The van der Waals surface area contributed by atoms with Crippen LogP contribution in [0.2, 0.25) is 0 Å². The molecule has 1 heterocycles. The molecule has 1 aliphatic carbocycles. The first-order valence-electron chi connectivity index (χ1n) is 11.7. The molecule has 4 heteroatoms. The van der Waals surface area contributed by atoms with E-state index in [9.17, 15) is 0 Å². The van der Waals surface area contributed by atoms with Crippen LogP contribution in [0.4, 0.5) is 5.69 Å². The lowest BCUT2D eigenvalue weighted by Gasteiger charge is -2.40. The minimum absolute atomic E-state index is 0.421. The van der Waals surface area contributed by atoms with Crippen molar-refractivity contribution < 1.29 is 5.21 Å². The van der Waals surface area contributed by atoms with Crippen molar-refractivity contribution in [2.45, 2.75) is 72.1 Å². The molecule has 1 N–H and O–H groups in total. The number of benzene rings is 1. The van der Waals surface area contributed by atoms with Crippen LogP contribution in [-0.2, 0) is 0 Å². The van der Waals surface area contributed by atoms with Crippen LogP contribution < -0.4 is 4.90 Å². The third-order valence-electron chi connectivity index (χ3n) is 7.19. The third kappa shape index (κ3) is 5.75. The van der Waals surface area contributed by atoms with E-state index in [-0.39, 0.29) is 0 Å². The molecule has 1 aromatic carbocycles. The average molecular weight is 400 g/mol. The van der Waals surface area contributed by atoms with Gasteiger partial charge in [-0.25, -0.2) is 0 Å². The Labute approximate surface area is 178 Å². The number of nitrogens with zero attached hydrogens (tertiary/aromatic N) is 3. The highest BCUT2D eigenvalue weighted by molar-refractivity contribution is 5.81. The second-order valence-electron chi connectivity index (χ2n) is 10.2. The summed E-state index contributed by atoms with van der Waals surface area (Å²) in [6, 6.07) is 6.66. The maximum Gasteiger partial charge on any atom is 0.0734 e. The molecule has 0 spiro atoms. The van der Waals surface area contributed by atoms with Gasteiger partial charge in [0.25, 0.3) is 0 Å². The Hall–Kier alpha value is -1.55. The first-order chi connectivity index (χ1) is 13.9. The van der Waals surface area contributed by atoms with E-state index in [1.165, 1.54) is 56.3 Å². The molecular formula is C25H41N3O. The molecule has 0 atom stereocenters. The van der Waals surface area contributed by atoms with Crippen LogP contribution in [0.3, 0.4) is 0 Å². The fourth-order valence-corrected chi connectivity index (χ4v) is 5.19. The third-order valence-corrected chi connectivity index (χ3v) is 7.19. The predicted molar refractivity (Wildman–Crippen MR) is 124 cm³/mol. The zero-order valence-corrected chi connectivity index (χ0v) is 19.0. The van der Waals surface area contributed by atoms with Gasteiger partial charge in [0.2, 0.25) is 0 Å². The molecule has 2 fully saturated rings. The van der Waals surface area contributed by atoms with E-state index in [1.807, 2.05) is 0 Å². The molecule has 3 rings (SSSR count). The van der Waals surface area contributed by atoms with Crippen molar-refractivity contribution in [2.75, 3.05) is 37.6 Å². The molecule has 1 saturated carbocycles. The number of rotatable bonds is 6. The number of hydrogen-bond acceptors (Lipinski definition) is 4. The SMILES string of the molecule is CCCCN1CCN(c2cc(/C=N/O)ccc2C2CCC(C(C)(C)C)CC2)CC1. The zero-order chi connectivity index (χ0) is 20.9. The Bertz CT molecular complexity index is 663. The van der Waals surface area contributed by atoms with Crippen molar-refractivity contribution >= 4 is 11.9 Å². The van der Waals surface area contributed by atoms with Crippen molar-refractivity contribution in [1.29, 1.82) is 0 Å². The van der Waals surface area contributed by atoms with Crippen LogP contribution in [-0.4, -0.2) is 49.0 Å². The number of hydrogen-bond donors (Lipinski definition) is 1. The smallest absolute Gasteiger partial charge is 0.0734 e. The highest BCUT2D eigenvalue weighted by Gasteiger charge is 2.32. The molecule has 2 aliphatic rings. The maximum absolute atomic E-state index is 9.01. The van der Waals surface area contributed by atoms with Crippen molar-refractivity contribution in [3.05, 3.63) is 29.3 Å². The molecule has 0 amide bonds. The summed E-state index contributed by atoms with van der Waals surface area (Å²) in [5, 5.41) is 12.3. The van der Waals surface area contributed by atoms with Gasteiger partial charge in [-0.1, -0.05) is 51.4 Å². The molecule has 0 unspecified atom stereocenters. The van der Waals surface area contributed by atoms with Crippen LogP contribution in [0.1, 0.15) is 83.3 Å². The fraction of sp³-hybridized carbons (Fsp3) is 0.720. The van der Waals surface area contributed by atoms with Gasteiger partial charge in [0.05, 0.1) is 6.21 Å². The van der Waals surface area contributed by atoms with Gasteiger partial charge in [-0.15, -0.1) is 0 Å². The molecule has 4 nitrogen and oxygen atoms in total. The van der Waals surface area contributed by atoms with Gasteiger partial charge in [0, 0.05) is 31.9 Å². The largest absolute Gasteiger partial charge is 0.411 e. The lowest BCUT2D eigenvalue weighted by Crippen LogP contribution is -2.47. The minimum Gasteiger partial charge on any atom is -0.411 e. The fourth-order valence-electron chi connectivity index (χ4n) is 5.19. The van der Waals surface area contributed by atoms with Gasteiger partial charge < -0.3 is 10.1 Å². The van der Waals surface area contributed by atoms with Gasteiger partial charge in [-0.05, 0) is 73.1 Å². The summed E-state index contributed by atoms with van der Waals surface area (Å²) < 4.78 is 0. The van der Waals surface area contributed by atoms with E-state index in [4.69, 9.17) is 5.21 Å². The highest BCUT2D eigenvalue weighted by Crippen LogP contribution is 2.45. The van der Waals surface area contributed by atoms with Crippen LogP contribution in [0.15, 0.2) is 23.4 Å². The van der Waals surface area contributed by atoms with Crippen LogP contribution >= 0.6 is 0 Å². The standard InChI is InChI=1S/C25H41N3O/c1-5-6-13-27-14-16-28(17-15-27)24-18-20(19-26-29)7-12-23(24)21-8-10-22(11-9-21)25(2,3)4/h7,12,18-19,21-22,29H,5-6,8-11,13-17H2,1-4H3/b26-19+. The van der Waals surface area contributed by atoms with E-state index < -0.39 is 0 Å². The Kier molecular flexibility index (Phi) is 7.61. The van der Waals surface area contributed by atoms with E-state index in [1.54, 1.807) is 6.21 Å².